The molecule has 0 amide bonds. The molecule has 1 atom stereocenters. The molecule has 152 valence electrons. The van der Waals surface area contributed by atoms with E-state index in [9.17, 15) is 0 Å². The summed E-state index contributed by atoms with van der Waals surface area (Å²) in [5, 5.41) is 6.73. The van der Waals surface area contributed by atoms with E-state index < -0.39 is 0 Å². The third kappa shape index (κ3) is 5.43. The summed E-state index contributed by atoms with van der Waals surface area (Å²) in [6.07, 6.45) is 0.984. The number of halogens is 1. The molecular formula is C21H28IN3O3. The number of nitrogens with one attached hydrogen (secondary N) is 2. The average Bonchev–Trinajstić information content (AvgIpc) is 2.72. The number of para-hydroxylation sites is 1. The van der Waals surface area contributed by atoms with Crippen LogP contribution in [0.25, 0.3) is 0 Å². The fourth-order valence-electron chi connectivity index (χ4n) is 3.18. The number of anilines is 1. The van der Waals surface area contributed by atoms with Crippen LogP contribution in [0.1, 0.15) is 24.8 Å². The Morgan fingerprint density at radius 2 is 2.04 bits per heavy atom. The number of guanidine groups is 1. The maximum Gasteiger partial charge on any atom is 0.195 e. The lowest BCUT2D eigenvalue weighted by atomic mass is 9.93. The van der Waals surface area contributed by atoms with Crippen molar-refractivity contribution >= 4 is 35.6 Å². The number of nitrogens with zero attached hydrogens (tertiary/aromatic N) is 1. The number of hydrogen-bond donors (Lipinski definition) is 2. The van der Waals surface area contributed by atoms with E-state index in [1.165, 1.54) is 5.56 Å². The van der Waals surface area contributed by atoms with Gasteiger partial charge in [-0.15, -0.1) is 24.0 Å². The summed E-state index contributed by atoms with van der Waals surface area (Å²) >= 11 is 0. The second-order valence-corrected chi connectivity index (χ2v) is 6.25. The first-order valence-electron chi connectivity index (χ1n) is 9.25. The van der Waals surface area contributed by atoms with E-state index in [0.29, 0.717) is 24.2 Å². The molecule has 1 heterocycles. The van der Waals surface area contributed by atoms with Crippen LogP contribution in [0.3, 0.4) is 0 Å². The molecule has 0 bridgehead atoms. The largest absolute Gasteiger partial charge is 0.493 e. The van der Waals surface area contributed by atoms with E-state index in [-0.39, 0.29) is 24.0 Å². The Labute approximate surface area is 183 Å². The summed E-state index contributed by atoms with van der Waals surface area (Å²) in [6.45, 7) is 4.07. The molecule has 28 heavy (non-hydrogen) atoms. The molecule has 0 aliphatic carbocycles. The first-order valence-corrected chi connectivity index (χ1v) is 9.25. The lowest BCUT2D eigenvalue weighted by Gasteiger charge is -2.26. The van der Waals surface area contributed by atoms with Crippen LogP contribution >= 0.6 is 24.0 Å². The van der Waals surface area contributed by atoms with Crippen LogP contribution in [0, 0.1) is 0 Å². The van der Waals surface area contributed by atoms with Gasteiger partial charge in [0.15, 0.2) is 17.5 Å². The number of methoxy groups -OCH3 is 1. The Morgan fingerprint density at radius 1 is 1.21 bits per heavy atom. The van der Waals surface area contributed by atoms with Gasteiger partial charge in [0.05, 0.1) is 20.3 Å². The highest BCUT2D eigenvalue weighted by Gasteiger charge is 2.21. The van der Waals surface area contributed by atoms with Crippen molar-refractivity contribution in [3.05, 3.63) is 48.0 Å². The molecule has 1 unspecified atom stereocenters. The molecule has 2 aromatic rings. The van der Waals surface area contributed by atoms with Crippen molar-refractivity contribution in [1.29, 1.82) is 0 Å². The van der Waals surface area contributed by atoms with E-state index >= 15 is 0 Å². The number of aliphatic imine (C=N–C) groups is 1. The summed E-state index contributed by atoms with van der Waals surface area (Å²) < 4.78 is 16.7. The van der Waals surface area contributed by atoms with Gasteiger partial charge in [-0.1, -0.05) is 18.2 Å². The van der Waals surface area contributed by atoms with Gasteiger partial charge in [-0.05, 0) is 37.1 Å². The number of hydrogen-bond acceptors (Lipinski definition) is 4. The molecule has 0 aromatic heterocycles. The van der Waals surface area contributed by atoms with Crippen molar-refractivity contribution in [1.82, 2.24) is 5.32 Å². The Morgan fingerprint density at radius 3 is 2.79 bits per heavy atom. The quantitative estimate of drug-likeness (QED) is 0.355. The molecule has 2 aromatic carbocycles. The van der Waals surface area contributed by atoms with E-state index in [4.69, 9.17) is 14.2 Å². The molecule has 3 rings (SSSR count). The zero-order valence-corrected chi connectivity index (χ0v) is 18.9. The molecule has 0 saturated carbocycles. The van der Waals surface area contributed by atoms with E-state index in [0.717, 1.165) is 36.8 Å². The van der Waals surface area contributed by atoms with Crippen LogP contribution in [0.4, 0.5) is 5.69 Å². The van der Waals surface area contributed by atoms with Crippen LogP contribution in [-0.4, -0.2) is 39.9 Å². The third-order valence-corrected chi connectivity index (χ3v) is 4.55. The summed E-state index contributed by atoms with van der Waals surface area (Å²) in [5.74, 6) is 3.51. The molecule has 2 N–H and O–H groups in total. The van der Waals surface area contributed by atoms with Gasteiger partial charge in [0.2, 0.25) is 0 Å². The lowest BCUT2D eigenvalue weighted by molar-refractivity contribution is 0.267. The minimum atomic E-state index is 0. The standard InChI is InChI=1S/C21H27N3O3.HI/c1-4-26-19-10-9-16(13-20(19)25-3)24-21(22-2)23-14-15-11-12-27-18-8-6-5-7-17(15)18;/h5-10,13,15H,4,11-12,14H2,1-3H3,(H2,22,23,24);1H. The highest BCUT2D eigenvalue weighted by molar-refractivity contribution is 14.0. The van der Waals surface area contributed by atoms with E-state index in [1.807, 2.05) is 37.3 Å². The van der Waals surface area contributed by atoms with E-state index in [2.05, 4.69) is 27.8 Å². The van der Waals surface area contributed by atoms with Gasteiger partial charge in [0, 0.05) is 31.3 Å². The number of rotatable bonds is 6. The number of fused-ring (bicyclic) bond motifs is 1. The molecule has 0 spiro atoms. The van der Waals surface area contributed by atoms with Crippen LogP contribution in [-0.2, 0) is 0 Å². The van der Waals surface area contributed by atoms with Crippen LogP contribution in [0.5, 0.6) is 17.2 Å². The molecule has 1 aliphatic rings. The first kappa shape index (κ1) is 22.1. The smallest absolute Gasteiger partial charge is 0.195 e. The van der Waals surface area contributed by atoms with Crippen molar-refractivity contribution in [3.8, 4) is 17.2 Å². The zero-order valence-electron chi connectivity index (χ0n) is 16.5. The van der Waals surface area contributed by atoms with Gasteiger partial charge in [-0.25, -0.2) is 0 Å². The Kier molecular flexibility index (Phi) is 8.69. The first-order chi connectivity index (χ1) is 13.2. The Bertz CT molecular complexity index is 798. The highest BCUT2D eigenvalue weighted by atomic mass is 127. The highest BCUT2D eigenvalue weighted by Crippen LogP contribution is 2.33. The summed E-state index contributed by atoms with van der Waals surface area (Å²) in [7, 11) is 3.40. The van der Waals surface area contributed by atoms with Crippen molar-refractivity contribution in [2.45, 2.75) is 19.3 Å². The fourth-order valence-corrected chi connectivity index (χ4v) is 3.18. The molecule has 0 saturated heterocycles. The van der Waals surface area contributed by atoms with Crippen molar-refractivity contribution < 1.29 is 14.2 Å². The maximum atomic E-state index is 5.74. The Balaban J connectivity index is 0.00000280. The minimum Gasteiger partial charge on any atom is -0.493 e. The summed E-state index contributed by atoms with van der Waals surface area (Å²) in [4.78, 5) is 4.33. The second kappa shape index (κ2) is 11.0. The molecule has 7 heteroatoms. The topological polar surface area (TPSA) is 64.1 Å². The van der Waals surface area contributed by atoms with Crippen LogP contribution in [0.2, 0.25) is 0 Å². The van der Waals surface area contributed by atoms with Crippen molar-refractivity contribution in [3.63, 3.8) is 0 Å². The van der Waals surface area contributed by atoms with Gasteiger partial charge in [0.1, 0.15) is 5.75 Å². The predicted octanol–water partition coefficient (Wildman–Crippen LogP) is 4.27. The predicted molar refractivity (Wildman–Crippen MR) is 124 cm³/mol. The summed E-state index contributed by atoms with van der Waals surface area (Å²) in [6, 6.07) is 14.0. The van der Waals surface area contributed by atoms with Crippen LogP contribution < -0.4 is 24.8 Å². The molecule has 0 fully saturated rings. The molecule has 6 nitrogen and oxygen atoms in total. The van der Waals surface area contributed by atoms with Gasteiger partial charge in [-0.2, -0.15) is 0 Å². The normalized spacial score (nSPS) is 15.5. The van der Waals surface area contributed by atoms with Gasteiger partial charge in [0.25, 0.3) is 0 Å². The van der Waals surface area contributed by atoms with Gasteiger partial charge in [-0.3, -0.25) is 4.99 Å². The maximum absolute atomic E-state index is 5.74. The van der Waals surface area contributed by atoms with E-state index in [1.54, 1.807) is 14.2 Å². The lowest BCUT2D eigenvalue weighted by Crippen LogP contribution is -2.35. The van der Waals surface area contributed by atoms with Gasteiger partial charge < -0.3 is 24.8 Å². The molecule has 1 aliphatic heterocycles. The monoisotopic (exact) mass is 497 g/mol. The van der Waals surface area contributed by atoms with Crippen LogP contribution in [0.15, 0.2) is 47.5 Å². The fraction of sp³-hybridized carbons (Fsp3) is 0.381. The average molecular weight is 497 g/mol. The Hall–Kier alpha value is -2.16. The number of ether oxygens (including phenoxy) is 3. The molecular weight excluding hydrogens is 469 g/mol. The van der Waals surface area contributed by atoms with Gasteiger partial charge >= 0.3 is 0 Å². The zero-order chi connectivity index (χ0) is 19.1. The summed E-state index contributed by atoms with van der Waals surface area (Å²) in [5.41, 5.74) is 2.13. The van der Waals surface area contributed by atoms with Crippen molar-refractivity contribution in [2.75, 3.05) is 39.2 Å². The SMILES string of the molecule is CCOc1ccc(NC(=NC)NCC2CCOc3ccccc32)cc1OC.I. The second-order valence-electron chi connectivity index (χ2n) is 6.25. The number of benzene rings is 2. The molecule has 0 radical (unpaired) electrons. The minimum absolute atomic E-state index is 0. The van der Waals surface area contributed by atoms with Crippen molar-refractivity contribution in [2.24, 2.45) is 4.99 Å². The third-order valence-electron chi connectivity index (χ3n) is 4.55.